The molecule has 0 aliphatic carbocycles. The minimum Gasteiger partial charge on any atom is -0.478 e. The lowest BCUT2D eigenvalue weighted by atomic mass is 10.2. The molecule has 9 nitrogen and oxygen atoms in total. The van der Waals surface area contributed by atoms with E-state index >= 15 is 0 Å². The molecule has 0 aliphatic rings. The van der Waals surface area contributed by atoms with Crippen LogP contribution in [-0.4, -0.2) is 30.8 Å². The lowest BCUT2D eigenvalue weighted by Crippen LogP contribution is -2.07. The van der Waals surface area contributed by atoms with E-state index < -0.39 is 10.9 Å². The zero-order valence-corrected chi connectivity index (χ0v) is 10.5. The van der Waals surface area contributed by atoms with Crippen molar-refractivity contribution in [2.24, 2.45) is 7.05 Å². The molecule has 2 heterocycles. The van der Waals surface area contributed by atoms with Gasteiger partial charge >= 0.3 is 11.7 Å². The molecule has 0 atom stereocenters. The fourth-order valence-corrected chi connectivity index (χ4v) is 1.59. The third-order valence-corrected chi connectivity index (χ3v) is 2.53. The molecular formula is C11H11N5O4. The molecule has 2 aromatic heterocycles. The predicted octanol–water partition coefficient (Wildman–Crippen LogP) is 1.03. The molecule has 104 valence electrons. The third kappa shape index (κ3) is 2.88. The number of carbonyl (C=O) groups is 1. The summed E-state index contributed by atoms with van der Waals surface area (Å²) in [6.07, 6.45) is 4.44. The van der Waals surface area contributed by atoms with Gasteiger partial charge in [0.2, 0.25) is 5.82 Å². The van der Waals surface area contributed by atoms with Crippen molar-refractivity contribution >= 4 is 17.5 Å². The van der Waals surface area contributed by atoms with E-state index in [1.165, 1.54) is 0 Å². The van der Waals surface area contributed by atoms with Crippen molar-refractivity contribution < 1.29 is 14.8 Å². The summed E-state index contributed by atoms with van der Waals surface area (Å²) in [7, 11) is 1.76. The van der Waals surface area contributed by atoms with Gasteiger partial charge in [0.05, 0.1) is 16.7 Å². The zero-order valence-electron chi connectivity index (χ0n) is 10.5. The highest BCUT2D eigenvalue weighted by molar-refractivity contribution is 5.88. The highest BCUT2D eigenvalue weighted by atomic mass is 16.6. The summed E-state index contributed by atoms with van der Waals surface area (Å²) >= 11 is 0. The third-order valence-electron chi connectivity index (χ3n) is 2.53. The number of carboxylic acid groups (broad SMARTS) is 1. The Morgan fingerprint density at radius 2 is 2.30 bits per heavy atom. The summed E-state index contributed by atoms with van der Waals surface area (Å²) in [4.78, 5) is 24.8. The van der Waals surface area contributed by atoms with E-state index in [9.17, 15) is 14.9 Å². The van der Waals surface area contributed by atoms with Crippen molar-refractivity contribution in [2.45, 2.75) is 6.54 Å². The Balaban J connectivity index is 2.22. The van der Waals surface area contributed by atoms with Crippen LogP contribution in [0.15, 0.2) is 24.7 Å². The van der Waals surface area contributed by atoms with E-state index in [0.29, 0.717) is 6.54 Å². The summed E-state index contributed by atoms with van der Waals surface area (Å²) in [5.74, 6) is -1.25. The zero-order chi connectivity index (χ0) is 14.7. The number of nitrogens with zero attached hydrogens (tertiary/aromatic N) is 4. The van der Waals surface area contributed by atoms with Crippen molar-refractivity contribution in [3.05, 3.63) is 45.9 Å². The van der Waals surface area contributed by atoms with Crippen molar-refractivity contribution in [2.75, 3.05) is 5.32 Å². The molecule has 0 spiro atoms. The van der Waals surface area contributed by atoms with Crippen LogP contribution in [0.1, 0.15) is 15.9 Å². The Morgan fingerprint density at radius 3 is 2.85 bits per heavy atom. The standard InChI is InChI=1S/C11H11N5O4/c1-15-6-7(4-14-15)3-12-10-9(16(19)20)2-8(5-13-10)11(17)18/h2,4-6H,3H2,1H3,(H,12,13)(H,17,18). The molecule has 0 saturated heterocycles. The van der Waals surface area contributed by atoms with E-state index in [0.717, 1.165) is 17.8 Å². The molecule has 2 N–H and O–H groups in total. The van der Waals surface area contributed by atoms with E-state index in [2.05, 4.69) is 15.4 Å². The highest BCUT2D eigenvalue weighted by Gasteiger charge is 2.18. The highest BCUT2D eigenvalue weighted by Crippen LogP contribution is 2.23. The minimum absolute atomic E-state index is 0.0175. The number of pyridine rings is 1. The molecule has 9 heteroatoms. The molecule has 0 bridgehead atoms. The molecule has 2 aromatic rings. The number of anilines is 1. The first-order valence-electron chi connectivity index (χ1n) is 5.56. The molecular weight excluding hydrogens is 266 g/mol. The van der Waals surface area contributed by atoms with Gasteiger partial charge in [-0.1, -0.05) is 0 Å². The Kier molecular flexibility index (Phi) is 3.60. The van der Waals surface area contributed by atoms with Crippen LogP contribution in [0.2, 0.25) is 0 Å². The van der Waals surface area contributed by atoms with Gasteiger partial charge in [-0.05, 0) is 0 Å². The van der Waals surface area contributed by atoms with Gasteiger partial charge in [-0.25, -0.2) is 9.78 Å². The number of hydrogen-bond donors (Lipinski definition) is 2. The van der Waals surface area contributed by atoms with Crippen LogP contribution >= 0.6 is 0 Å². The van der Waals surface area contributed by atoms with Gasteiger partial charge < -0.3 is 10.4 Å². The molecule has 20 heavy (non-hydrogen) atoms. The molecule has 0 unspecified atom stereocenters. The van der Waals surface area contributed by atoms with Gasteiger partial charge in [-0.3, -0.25) is 14.8 Å². The van der Waals surface area contributed by atoms with Crippen molar-refractivity contribution in [3.63, 3.8) is 0 Å². The average Bonchev–Trinajstić information content (AvgIpc) is 2.81. The van der Waals surface area contributed by atoms with Gasteiger partial charge in [0, 0.05) is 37.6 Å². The summed E-state index contributed by atoms with van der Waals surface area (Å²) in [5.41, 5.74) is 0.211. The Hall–Kier alpha value is -2.97. The van der Waals surface area contributed by atoms with Crippen LogP contribution < -0.4 is 5.32 Å². The SMILES string of the molecule is Cn1cc(CNc2ncc(C(=O)O)cc2[N+](=O)[O-])cn1. The molecule has 0 aromatic carbocycles. The van der Waals surface area contributed by atoms with Crippen LogP contribution in [0, 0.1) is 10.1 Å². The number of hydrogen-bond acceptors (Lipinski definition) is 6. The largest absolute Gasteiger partial charge is 0.478 e. The van der Waals surface area contributed by atoms with Crippen LogP contribution in [-0.2, 0) is 13.6 Å². The Morgan fingerprint density at radius 1 is 1.55 bits per heavy atom. The first-order chi connectivity index (χ1) is 9.47. The summed E-state index contributed by atoms with van der Waals surface area (Å²) in [5, 5.41) is 26.5. The first kappa shape index (κ1) is 13.5. The molecule has 0 aliphatic heterocycles. The van der Waals surface area contributed by atoms with Crippen molar-refractivity contribution in [1.29, 1.82) is 0 Å². The fourth-order valence-electron chi connectivity index (χ4n) is 1.59. The lowest BCUT2D eigenvalue weighted by molar-refractivity contribution is -0.384. The maximum absolute atomic E-state index is 10.9. The van der Waals surface area contributed by atoms with Crippen LogP contribution in [0.5, 0.6) is 0 Å². The smallest absolute Gasteiger partial charge is 0.337 e. The number of aromatic nitrogens is 3. The predicted molar refractivity (Wildman–Crippen MR) is 68.4 cm³/mol. The van der Waals surface area contributed by atoms with Gasteiger partial charge in [-0.15, -0.1) is 0 Å². The second kappa shape index (κ2) is 5.34. The maximum atomic E-state index is 10.9. The monoisotopic (exact) mass is 277 g/mol. The second-order valence-electron chi connectivity index (χ2n) is 4.03. The summed E-state index contributed by atoms with van der Waals surface area (Å²) in [6.45, 7) is 0.300. The number of nitro groups is 1. The molecule has 0 amide bonds. The Labute approximate surface area is 113 Å². The van der Waals surface area contributed by atoms with E-state index in [4.69, 9.17) is 5.11 Å². The first-order valence-corrected chi connectivity index (χ1v) is 5.56. The lowest BCUT2D eigenvalue weighted by Gasteiger charge is -2.05. The molecule has 2 rings (SSSR count). The maximum Gasteiger partial charge on any atom is 0.337 e. The number of aryl methyl sites for hydroxylation is 1. The van der Waals surface area contributed by atoms with Gasteiger partial charge in [0.15, 0.2) is 0 Å². The number of aromatic carboxylic acids is 1. The van der Waals surface area contributed by atoms with Gasteiger partial charge in [0.1, 0.15) is 0 Å². The van der Waals surface area contributed by atoms with E-state index in [-0.39, 0.29) is 17.1 Å². The fraction of sp³-hybridized carbons (Fsp3) is 0.182. The van der Waals surface area contributed by atoms with Crippen molar-refractivity contribution in [1.82, 2.24) is 14.8 Å². The van der Waals surface area contributed by atoms with E-state index in [1.54, 1.807) is 24.1 Å². The summed E-state index contributed by atoms with van der Waals surface area (Å²) in [6, 6.07) is 0.973. The molecule has 0 saturated carbocycles. The minimum atomic E-state index is -1.26. The molecule has 0 fully saturated rings. The van der Waals surface area contributed by atoms with E-state index in [1.807, 2.05) is 0 Å². The van der Waals surface area contributed by atoms with Gasteiger partial charge in [0.25, 0.3) is 0 Å². The number of carboxylic acids is 1. The van der Waals surface area contributed by atoms with Crippen LogP contribution in [0.3, 0.4) is 0 Å². The van der Waals surface area contributed by atoms with Crippen LogP contribution in [0.25, 0.3) is 0 Å². The number of rotatable bonds is 5. The normalized spacial score (nSPS) is 10.2. The molecule has 0 radical (unpaired) electrons. The topological polar surface area (TPSA) is 123 Å². The Bertz CT molecular complexity index is 667. The average molecular weight is 277 g/mol. The quantitative estimate of drug-likeness (QED) is 0.618. The number of nitrogens with one attached hydrogen (secondary N) is 1. The van der Waals surface area contributed by atoms with Crippen LogP contribution in [0.4, 0.5) is 11.5 Å². The van der Waals surface area contributed by atoms with Crippen molar-refractivity contribution in [3.8, 4) is 0 Å². The summed E-state index contributed by atoms with van der Waals surface area (Å²) < 4.78 is 1.60. The second-order valence-corrected chi connectivity index (χ2v) is 4.03. The van der Waals surface area contributed by atoms with Gasteiger partial charge in [-0.2, -0.15) is 5.10 Å².